The second kappa shape index (κ2) is 11.8. The van der Waals surface area contributed by atoms with Gasteiger partial charge in [-0.25, -0.2) is 8.42 Å². The first-order valence-corrected chi connectivity index (χ1v) is 12.9. The summed E-state index contributed by atoms with van der Waals surface area (Å²) in [6.45, 7) is 0.365. The van der Waals surface area contributed by atoms with Crippen LogP contribution in [0.3, 0.4) is 0 Å². The highest BCUT2D eigenvalue weighted by Gasteiger charge is 2.43. The third-order valence-corrected chi connectivity index (χ3v) is 7.85. The second-order valence-corrected chi connectivity index (χ2v) is 10.7. The van der Waals surface area contributed by atoms with Crippen molar-refractivity contribution in [3.8, 4) is 0 Å². The number of Topliss-reactive ketones (excluding diaryl/α,β-unsaturated/α-hetero) is 1. The van der Waals surface area contributed by atoms with E-state index in [2.05, 4.69) is 28.0 Å². The molecule has 0 spiro atoms. The number of esters is 1. The Morgan fingerprint density at radius 2 is 1.85 bits per heavy atom. The highest BCUT2D eigenvalue weighted by molar-refractivity contribution is 7.89. The molecule has 2 atom stereocenters. The smallest absolute Gasteiger partial charge is 0.305 e. The first-order valence-electron chi connectivity index (χ1n) is 11.0. The number of rotatable bonds is 11. The Hall–Kier alpha value is -2.47. The van der Waals surface area contributed by atoms with E-state index in [1.165, 1.54) is 17.5 Å². The van der Waals surface area contributed by atoms with Crippen molar-refractivity contribution in [2.24, 2.45) is 0 Å². The van der Waals surface area contributed by atoms with Crippen LogP contribution < -0.4 is 10.6 Å². The Labute approximate surface area is 204 Å². The molecule has 0 saturated carbocycles. The molecule has 2 aromatic carbocycles. The van der Waals surface area contributed by atoms with Crippen molar-refractivity contribution in [1.29, 1.82) is 0 Å². The summed E-state index contributed by atoms with van der Waals surface area (Å²) >= 11 is 4.41. The molecular weight excluding hydrogens is 478 g/mol. The predicted octanol–water partition coefficient (Wildman–Crippen LogP) is 1.13. The first-order chi connectivity index (χ1) is 16.2. The number of carbonyl (C=O) groups excluding carboxylic acids is 3. The largest absolute Gasteiger partial charge is 0.469 e. The fraction of sp³-hybridized carbons (Fsp3) is 0.435. The number of sulfonamides is 1. The second-order valence-electron chi connectivity index (χ2n) is 8.10. The lowest BCUT2D eigenvalue weighted by atomic mass is 10.1. The number of amides is 1. The lowest BCUT2D eigenvalue weighted by Crippen LogP contribution is -2.47. The molecule has 0 bridgehead atoms. The molecule has 3 rings (SSSR count). The molecule has 9 nitrogen and oxygen atoms in total. The number of fused-ring (bicyclic) bond motifs is 1. The van der Waals surface area contributed by atoms with Gasteiger partial charge in [-0.05, 0) is 42.3 Å². The minimum atomic E-state index is -3.94. The average molecular weight is 508 g/mol. The molecule has 1 amide bonds. The molecular formula is C23H29N3O6S2. The van der Waals surface area contributed by atoms with E-state index in [4.69, 9.17) is 0 Å². The van der Waals surface area contributed by atoms with Gasteiger partial charge < -0.3 is 15.4 Å². The topological polar surface area (TPSA) is 122 Å². The fourth-order valence-corrected chi connectivity index (χ4v) is 5.97. The van der Waals surface area contributed by atoms with Gasteiger partial charge in [0, 0.05) is 18.2 Å². The molecule has 1 aliphatic heterocycles. The van der Waals surface area contributed by atoms with Crippen LogP contribution in [0.2, 0.25) is 0 Å². The average Bonchev–Trinajstić information content (AvgIpc) is 3.24. The van der Waals surface area contributed by atoms with Crippen molar-refractivity contribution in [3.05, 3.63) is 42.5 Å². The zero-order valence-electron chi connectivity index (χ0n) is 18.9. The molecule has 2 N–H and O–H groups in total. The van der Waals surface area contributed by atoms with Gasteiger partial charge >= 0.3 is 5.97 Å². The molecule has 184 valence electrons. The van der Waals surface area contributed by atoms with Crippen LogP contribution in [0.1, 0.15) is 19.3 Å². The van der Waals surface area contributed by atoms with Crippen molar-refractivity contribution in [2.75, 3.05) is 33.3 Å². The van der Waals surface area contributed by atoms with E-state index in [0.29, 0.717) is 13.0 Å². The summed E-state index contributed by atoms with van der Waals surface area (Å²) in [4.78, 5) is 36.1. The first kappa shape index (κ1) is 26.1. The van der Waals surface area contributed by atoms with Crippen LogP contribution in [0.4, 0.5) is 0 Å². The molecule has 34 heavy (non-hydrogen) atoms. The lowest BCUT2D eigenvalue weighted by Gasteiger charge is -2.23. The molecule has 1 fully saturated rings. The Morgan fingerprint density at radius 1 is 1.12 bits per heavy atom. The summed E-state index contributed by atoms with van der Waals surface area (Å²) in [5, 5.41) is 6.87. The SMILES string of the molecule is COC(=O)CCCNCC(=O)CNC(=O)[C@@H]1C[C@@H](S)CN1S(=O)(=O)c1ccc2ccccc2c1. The Bertz CT molecular complexity index is 1150. The summed E-state index contributed by atoms with van der Waals surface area (Å²) < 4.78 is 32.4. The number of thiol groups is 1. The van der Waals surface area contributed by atoms with Gasteiger partial charge in [0.05, 0.1) is 25.1 Å². The van der Waals surface area contributed by atoms with Gasteiger partial charge in [0.25, 0.3) is 0 Å². The minimum Gasteiger partial charge on any atom is -0.469 e. The third kappa shape index (κ3) is 6.56. The highest BCUT2D eigenvalue weighted by atomic mass is 32.2. The number of nitrogens with zero attached hydrogens (tertiary/aromatic N) is 1. The quantitative estimate of drug-likeness (QED) is 0.237. The van der Waals surface area contributed by atoms with Gasteiger partial charge in [-0.3, -0.25) is 14.4 Å². The van der Waals surface area contributed by atoms with E-state index in [1.54, 1.807) is 12.1 Å². The summed E-state index contributed by atoms with van der Waals surface area (Å²) in [6, 6.07) is 11.4. The molecule has 1 aliphatic rings. The highest BCUT2D eigenvalue weighted by Crippen LogP contribution is 2.30. The van der Waals surface area contributed by atoms with Gasteiger partial charge in [0.15, 0.2) is 5.78 Å². The molecule has 0 unspecified atom stereocenters. The van der Waals surface area contributed by atoms with Crippen molar-refractivity contribution >= 4 is 51.1 Å². The summed E-state index contributed by atoms with van der Waals surface area (Å²) in [5.74, 6) is -1.10. The standard InChI is InChI=1S/C23H29N3O6S2/c1-32-22(28)7-4-10-24-13-18(27)14-25-23(29)21-12-19(33)15-26(21)34(30,31)20-9-8-16-5-2-3-6-17(16)11-20/h2-3,5-6,8-9,11,19,21,24,33H,4,7,10,12-15H2,1H3,(H,25,29)/t19-,21+/m1/s1. The summed E-state index contributed by atoms with van der Waals surface area (Å²) in [7, 11) is -2.62. The van der Waals surface area contributed by atoms with Crippen LogP contribution in [0.5, 0.6) is 0 Å². The van der Waals surface area contributed by atoms with Gasteiger partial charge in [-0.2, -0.15) is 16.9 Å². The van der Waals surface area contributed by atoms with Crippen LogP contribution in [-0.2, 0) is 29.1 Å². The maximum Gasteiger partial charge on any atom is 0.305 e. The zero-order chi connectivity index (χ0) is 24.7. The molecule has 0 aliphatic carbocycles. The summed E-state index contributed by atoms with van der Waals surface area (Å²) in [5.41, 5.74) is 0. The van der Waals surface area contributed by atoms with E-state index in [1.807, 2.05) is 24.3 Å². The molecule has 1 saturated heterocycles. The molecule has 1 heterocycles. The van der Waals surface area contributed by atoms with Crippen molar-refractivity contribution in [2.45, 2.75) is 35.4 Å². The number of nitrogens with one attached hydrogen (secondary N) is 2. The van der Waals surface area contributed by atoms with Crippen molar-refractivity contribution in [1.82, 2.24) is 14.9 Å². The third-order valence-electron chi connectivity index (χ3n) is 5.61. The van der Waals surface area contributed by atoms with Gasteiger partial charge in [0.1, 0.15) is 6.04 Å². The Kier molecular flexibility index (Phi) is 9.06. The van der Waals surface area contributed by atoms with Crippen LogP contribution in [0, 0.1) is 0 Å². The molecule has 0 radical (unpaired) electrons. The number of ether oxygens (including phenoxy) is 1. The lowest BCUT2D eigenvalue weighted by molar-refractivity contribution is -0.140. The predicted molar refractivity (Wildman–Crippen MR) is 131 cm³/mol. The number of hydrogen-bond donors (Lipinski definition) is 3. The number of carbonyl (C=O) groups is 3. The summed E-state index contributed by atoms with van der Waals surface area (Å²) in [6.07, 6.45) is 1.03. The van der Waals surface area contributed by atoms with Crippen molar-refractivity contribution < 1.29 is 27.5 Å². The van der Waals surface area contributed by atoms with E-state index < -0.39 is 22.0 Å². The van der Waals surface area contributed by atoms with E-state index in [0.717, 1.165) is 10.8 Å². The Morgan fingerprint density at radius 3 is 2.59 bits per heavy atom. The Balaban J connectivity index is 1.58. The van der Waals surface area contributed by atoms with Gasteiger partial charge in [-0.15, -0.1) is 0 Å². The number of methoxy groups -OCH3 is 1. The van der Waals surface area contributed by atoms with E-state index in [9.17, 15) is 22.8 Å². The number of hydrogen-bond acceptors (Lipinski definition) is 8. The number of benzene rings is 2. The normalized spacial score (nSPS) is 18.6. The maximum atomic E-state index is 13.4. The van der Waals surface area contributed by atoms with E-state index in [-0.39, 0.29) is 54.4 Å². The number of ketones is 1. The molecule has 0 aromatic heterocycles. The van der Waals surface area contributed by atoms with Gasteiger partial charge in [0.2, 0.25) is 15.9 Å². The minimum absolute atomic E-state index is 0.0282. The van der Waals surface area contributed by atoms with Crippen LogP contribution in [0.25, 0.3) is 10.8 Å². The molecule has 11 heteroatoms. The van der Waals surface area contributed by atoms with Crippen molar-refractivity contribution in [3.63, 3.8) is 0 Å². The zero-order valence-corrected chi connectivity index (χ0v) is 20.6. The maximum absolute atomic E-state index is 13.4. The van der Waals surface area contributed by atoms with Crippen LogP contribution in [0.15, 0.2) is 47.4 Å². The van der Waals surface area contributed by atoms with Crippen LogP contribution in [-0.4, -0.2) is 75.0 Å². The monoisotopic (exact) mass is 507 g/mol. The van der Waals surface area contributed by atoms with Crippen LogP contribution >= 0.6 is 12.6 Å². The fourth-order valence-electron chi connectivity index (χ4n) is 3.81. The van der Waals surface area contributed by atoms with E-state index >= 15 is 0 Å². The molecule has 2 aromatic rings. The van der Waals surface area contributed by atoms with Gasteiger partial charge in [-0.1, -0.05) is 30.3 Å².